The number of ether oxygens (including phenoxy) is 1. The van der Waals surface area contributed by atoms with Gasteiger partial charge in [0.1, 0.15) is 0 Å². The number of nitro groups is 1. The number of nitro benzene ring substituents is 1. The first-order valence-corrected chi connectivity index (χ1v) is 11.6. The highest BCUT2D eigenvalue weighted by Gasteiger charge is 2.28. The van der Waals surface area contributed by atoms with Crippen LogP contribution in [0, 0.1) is 10.1 Å². The van der Waals surface area contributed by atoms with Crippen LogP contribution in [0.5, 0.6) is 0 Å². The molecule has 0 spiro atoms. The molecule has 4 aromatic rings. The van der Waals surface area contributed by atoms with Crippen molar-refractivity contribution < 1.29 is 28.5 Å². The molecule has 0 aliphatic carbocycles. The van der Waals surface area contributed by atoms with Gasteiger partial charge in [-0.15, -0.1) is 0 Å². The van der Waals surface area contributed by atoms with Gasteiger partial charge in [-0.3, -0.25) is 19.7 Å². The molecule has 11 heteroatoms. The molecule has 0 aliphatic rings. The molecule has 1 heterocycles. The van der Waals surface area contributed by atoms with Gasteiger partial charge < -0.3 is 19.8 Å². The van der Waals surface area contributed by atoms with E-state index in [0.717, 1.165) is 0 Å². The van der Waals surface area contributed by atoms with E-state index in [1.807, 2.05) is 0 Å². The van der Waals surface area contributed by atoms with Crippen molar-refractivity contribution in [1.82, 2.24) is 0 Å². The summed E-state index contributed by atoms with van der Waals surface area (Å²) in [7, 11) is 0. The van der Waals surface area contributed by atoms with E-state index < -0.39 is 28.8 Å². The maximum Gasteiger partial charge on any atom is 0.341 e. The standard InChI is InChI=1S/C26H18BrN3O7/c27-19-15-17(30(34)35)12-13-21(19)29-25(32)23(16-7-2-1-3-8-16)37-26(33)18-9-4-5-10-20(18)28-24(31)22-11-6-14-36-22/h1-15,23H,(H,28,31)(H,29,32). The highest BCUT2D eigenvalue weighted by atomic mass is 79.9. The fraction of sp³-hybridized carbons (Fsp3) is 0.0385. The van der Waals surface area contributed by atoms with Gasteiger partial charge >= 0.3 is 5.97 Å². The zero-order valence-electron chi connectivity index (χ0n) is 18.9. The van der Waals surface area contributed by atoms with Crippen molar-refractivity contribution in [3.63, 3.8) is 0 Å². The molecule has 1 aromatic heterocycles. The van der Waals surface area contributed by atoms with Crippen LogP contribution in [0.3, 0.4) is 0 Å². The largest absolute Gasteiger partial charge is 0.459 e. The molecule has 0 fully saturated rings. The fourth-order valence-corrected chi connectivity index (χ4v) is 3.82. The Morgan fingerprint density at radius 3 is 2.30 bits per heavy atom. The van der Waals surface area contributed by atoms with Crippen LogP contribution in [0.1, 0.15) is 32.6 Å². The average molecular weight is 564 g/mol. The highest BCUT2D eigenvalue weighted by molar-refractivity contribution is 9.10. The van der Waals surface area contributed by atoms with E-state index in [1.54, 1.807) is 48.5 Å². The van der Waals surface area contributed by atoms with Crippen LogP contribution in [0.15, 0.2) is 100 Å². The van der Waals surface area contributed by atoms with Crippen molar-refractivity contribution in [3.8, 4) is 0 Å². The molecule has 186 valence electrons. The molecular formula is C26H18BrN3O7. The summed E-state index contributed by atoms with van der Waals surface area (Å²) in [5.41, 5.74) is 0.665. The molecule has 3 aromatic carbocycles. The number of nitrogens with zero attached hydrogens (tertiary/aromatic N) is 1. The number of furan rings is 1. The lowest BCUT2D eigenvalue weighted by atomic mass is 10.1. The Kier molecular flexibility index (Phi) is 7.74. The second-order valence-corrected chi connectivity index (χ2v) is 8.44. The van der Waals surface area contributed by atoms with Crippen LogP contribution in [0.25, 0.3) is 0 Å². The first kappa shape index (κ1) is 25.3. The normalized spacial score (nSPS) is 11.3. The molecule has 2 N–H and O–H groups in total. The van der Waals surface area contributed by atoms with Gasteiger partial charge in [0.2, 0.25) is 6.10 Å². The fourth-order valence-electron chi connectivity index (χ4n) is 3.35. The Balaban J connectivity index is 1.58. The van der Waals surface area contributed by atoms with Gasteiger partial charge in [0, 0.05) is 22.2 Å². The number of non-ortho nitro benzene ring substituents is 1. The van der Waals surface area contributed by atoms with E-state index in [0.29, 0.717) is 5.56 Å². The van der Waals surface area contributed by atoms with Crippen molar-refractivity contribution in [2.45, 2.75) is 6.10 Å². The van der Waals surface area contributed by atoms with Gasteiger partial charge in [-0.2, -0.15) is 0 Å². The van der Waals surface area contributed by atoms with Gasteiger partial charge in [-0.1, -0.05) is 42.5 Å². The van der Waals surface area contributed by atoms with Crippen LogP contribution in [0.2, 0.25) is 0 Å². The predicted molar refractivity (Wildman–Crippen MR) is 137 cm³/mol. The predicted octanol–water partition coefficient (Wildman–Crippen LogP) is 5.74. The molecule has 0 saturated heterocycles. The van der Waals surface area contributed by atoms with E-state index in [4.69, 9.17) is 9.15 Å². The lowest BCUT2D eigenvalue weighted by Crippen LogP contribution is -2.26. The number of rotatable bonds is 8. The molecule has 10 nitrogen and oxygen atoms in total. The number of nitrogens with one attached hydrogen (secondary N) is 2. The molecule has 1 unspecified atom stereocenters. The van der Waals surface area contributed by atoms with E-state index in [9.17, 15) is 24.5 Å². The number of benzene rings is 3. The van der Waals surface area contributed by atoms with E-state index in [1.165, 1.54) is 42.7 Å². The number of esters is 1. The minimum atomic E-state index is -1.37. The SMILES string of the molecule is O=C(Nc1ccccc1C(=O)OC(C(=O)Nc1ccc([N+](=O)[O-])cc1Br)c1ccccc1)c1ccco1. The summed E-state index contributed by atoms with van der Waals surface area (Å²) in [6, 6.07) is 21.4. The van der Waals surface area contributed by atoms with E-state index >= 15 is 0 Å². The average Bonchev–Trinajstić information content (AvgIpc) is 3.44. The van der Waals surface area contributed by atoms with Crippen LogP contribution < -0.4 is 10.6 Å². The number of anilines is 2. The van der Waals surface area contributed by atoms with E-state index in [-0.39, 0.29) is 32.9 Å². The smallest absolute Gasteiger partial charge is 0.341 e. The Morgan fingerprint density at radius 2 is 1.62 bits per heavy atom. The van der Waals surface area contributed by atoms with Crippen LogP contribution in [0.4, 0.5) is 17.1 Å². The molecule has 0 bridgehead atoms. The summed E-state index contributed by atoms with van der Waals surface area (Å²) in [4.78, 5) is 49.3. The third-order valence-corrected chi connectivity index (χ3v) is 5.78. The monoisotopic (exact) mass is 563 g/mol. The Labute approximate surface area is 218 Å². The molecule has 2 amide bonds. The van der Waals surface area contributed by atoms with Crippen LogP contribution in [-0.2, 0) is 9.53 Å². The summed E-state index contributed by atoms with van der Waals surface area (Å²) in [6.07, 6.45) is -0.0221. The molecule has 4 rings (SSSR count). The zero-order chi connectivity index (χ0) is 26.4. The summed E-state index contributed by atoms with van der Waals surface area (Å²) >= 11 is 3.21. The van der Waals surface area contributed by atoms with Crippen molar-refractivity contribution in [2.75, 3.05) is 10.6 Å². The van der Waals surface area contributed by atoms with Crippen molar-refractivity contribution in [2.24, 2.45) is 0 Å². The molecule has 37 heavy (non-hydrogen) atoms. The summed E-state index contributed by atoms with van der Waals surface area (Å²) in [6.45, 7) is 0. The Morgan fingerprint density at radius 1 is 0.892 bits per heavy atom. The summed E-state index contributed by atoms with van der Waals surface area (Å²) in [5, 5.41) is 16.2. The first-order valence-electron chi connectivity index (χ1n) is 10.8. The van der Waals surface area contributed by atoms with Gasteiger partial charge in [-0.25, -0.2) is 4.79 Å². The lowest BCUT2D eigenvalue weighted by molar-refractivity contribution is -0.384. The lowest BCUT2D eigenvalue weighted by Gasteiger charge is -2.19. The highest BCUT2D eigenvalue weighted by Crippen LogP contribution is 2.30. The van der Waals surface area contributed by atoms with Crippen molar-refractivity contribution in [1.29, 1.82) is 0 Å². The number of para-hydroxylation sites is 1. The third kappa shape index (κ3) is 6.08. The number of carbonyl (C=O) groups is 3. The van der Waals surface area contributed by atoms with Crippen molar-refractivity contribution in [3.05, 3.63) is 123 Å². The zero-order valence-corrected chi connectivity index (χ0v) is 20.5. The number of hydrogen-bond acceptors (Lipinski definition) is 7. The van der Waals surface area contributed by atoms with Gasteiger partial charge in [0.15, 0.2) is 5.76 Å². The Bertz CT molecular complexity index is 1460. The number of hydrogen-bond donors (Lipinski definition) is 2. The quantitative estimate of drug-likeness (QED) is 0.158. The maximum absolute atomic E-state index is 13.2. The molecule has 0 radical (unpaired) electrons. The van der Waals surface area contributed by atoms with Gasteiger partial charge in [0.25, 0.3) is 17.5 Å². The molecular weight excluding hydrogens is 546 g/mol. The van der Waals surface area contributed by atoms with Crippen LogP contribution >= 0.6 is 15.9 Å². The minimum Gasteiger partial charge on any atom is -0.459 e. The molecule has 0 aliphatic heterocycles. The molecule has 1 atom stereocenters. The second-order valence-electron chi connectivity index (χ2n) is 7.58. The van der Waals surface area contributed by atoms with E-state index in [2.05, 4.69) is 26.6 Å². The number of amides is 2. The minimum absolute atomic E-state index is 0.0210. The summed E-state index contributed by atoms with van der Waals surface area (Å²) in [5.74, 6) is -2.06. The van der Waals surface area contributed by atoms with Crippen LogP contribution in [-0.4, -0.2) is 22.7 Å². The van der Waals surface area contributed by atoms with Gasteiger partial charge in [0.05, 0.1) is 28.1 Å². The summed E-state index contributed by atoms with van der Waals surface area (Å²) < 4.78 is 11.0. The van der Waals surface area contributed by atoms with Crippen molar-refractivity contribution >= 4 is 50.8 Å². The third-order valence-electron chi connectivity index (χ3n) is 5.13. The second kappa shape index (κ2) is 11.3. The topological polar surface area (TPSA) is 141 Å². The van der Waals surface area contributed by atoms with Gasteiger partial charge in [-0.05, 0) is 46.3 Å². The molecule has 0 saturated carbocycles. The number of carbonyl (C=O) groups excluding carboxylic acids is 3. The maximum atomic E-state index is 13.2. The Hall–Kier alpha value is -4.77. The number of halogens is 1. The first-order chi connectivity index (χ1) is 17.8.